The van der Waals surface area contributed by atoms with Crippen LogP contribution in [0.5, 0.6) is 5.75 Å². The number of nitrogens with zero attached hydrogens (tertiary/aromatic N) is 3. The molecule has 0 fully saturated rings. The smallest absolute Gasteiger partial charge is 0.234 e. The number of methoxy groups -OCH3 is 1. The van der Waals surface area contributed by atoms with Gasteiger partial charge in [-0.3, -0.25) is 4.79 Å². The van der Waals surface area contributed by atoms with Crippen molar-refractivity contribution < 1.29 is 9.53 Å². The Morgan fingerprint density at radius 2 is 2.03 bits per heavy atom. The van der Waals surface area contributed by atoms with Gasteiger partial charge in [-0.25, -0.2) is 4.98 Å². The average molecular weight is 407 g/mol. The van der Waals surface area contributed by atoms with E-state index < -0.39 is 0 Å². The van der Waals surface area contributed by atoms with Crippen molar-refractivity contribution in [2.45, 2.75) is 24.9 Å². The first kappa shape index (κ1) is 19.2. The molecule has 0 bridgehead atoms. The van der Waals surface area contributed by atoms with Gasteiger partial charge in [-0.15, -0.1) is 10.2 Å². The Balaban J connectivity index is 1.49. The number of aromatic amines is 1. The van der Waals surface area contributed by atoms with Crippen molar-refractivity contribution in [1.29, 1.82) is 0 Å². The molecule has 8 heteroatoms. The topological polar surface area (TPSA) is 92.8 Å². The molecule has 0 spiro atoms. The molecule has 0 saturated heterocycles. The number of anilines is 1. The molecular formula is C21H21N5O2S. The Bertz CT molecular complexity index is 1190. The van der Waals surface area contributed by atoms with Crippen molar-refractivity contribution in [2.24, 2.45) is 0 Å². The standard InChI is InChI=1S/C21H21N5O2S/c1-12(2)13-8-9-15-14(10-13)19-20(23-15)24-21(26-25-19)29-11-18(27)22-16-6-4-5-7-17(16)28-3/h4-10,12H,11H2,1-3H3,(H,22,27)(H,23,24,26). The molecule has 0 radical (unpaired) electrons. The maximum Gasteiger partial charge on any atom is 0.234 e. The lowest BCUT2D eigenvalue weighted by molar-refractivity contribution is -0.113. The molecule has 4 aromatic rings. The minimum atomic E-state index is -0.165. The van der Waals surface area contributed by atoms with Crippen LogP contribution >= 0.6 is 11.8 Å². The molecule has 148 valence electrons. The van der Waals surface area contributed by atoms with Crippen LogP contribution in [0, 0.1) is 0 Å². The maximum atomic E-state index is 12.3. The summed E-state index contributed by atoms with van der Waals surface area (Å²) in [6.45, 7) is 4.32. The molecule has 2 heterocycles. The van der Waals surface area contributed by atoms with Gasteiger partial charge >= 0.3 is 0 Å². The van der Waals surface area contributed by atoms with E-state index in [1.807, 2.05) is 18.2 Å². The summed E-state index contributed by atoms with van der Waals surface area (Å²) in [6, 6.07) is 13.6. The quantitative estimate of drug-likeness (QED) is 0.461. The van der Waals surface area contributed by atoms with Gasteiger partial charge in [0.25, 0.3) is 0 Å². The van der Waals surface area contributed by atoms with Crippen molar-refractivity contribution in [3.63, 3.8) is 0 Å². The van der Waals surface area contributed by atoms with Crippen LogP contribution in [0.3, 0.4) is 0 Å². The predicted molar refractivity (Wildman–Crippen MR) is 116 cm³/mol. The van der Waals surface area contributed by atoms with Gasteiger partial charge in [-0.05, 0) is 35.7 Å². The number of para-hydroxylation sites is 2. The zero-order valence-electron chi connectivity index (χ0n) is 16.4. The van der Waals surface area contributed by atoms with Gasteiger partial charge in [0.15, 0.2) is 5.65 Å². The van der Waals surface area contributed by atoms with E-state index in [9.17, 15) is 4.79 Å². The molecule has 0 saturated carbocycles. The van der Waals surface area contributed by atoms with Crippen LogP contribution < -0.4 is 10.1 Å². The molecule has 29 heavy (non-hydrogen) atoms. The van der Waals surface area contributed by atoms with E-state index in [1.165, 1.54) is 17.3 Å². The van der Waals surface area contributed by atoms with Crippen LogP contribution in [-0.2, 0) is 4.79 Å². The van der Waals surface area contributed by atoms with E-state index >= 15 is 0 Å². The maximum absolute atomic E-state index is 12.3. The largest absolute Gasteiger partial charge is 0.495 e. The number of H-pyrrole nitrogens is 1. The average Bonchev–Trinajstić information content (AvgIpc) is 3.09. The Morgan fingerprint density at radius 1 is 1.21 bits per heavy atom. The second kappa shape index (κ2) is 8.08. The van der Waals surface area contributed by atoms with E-state index in [-0.39, 0.29) is 11.7 Å². The first-order chi connectivity index (χ1) is 14.0. The van der Waals surface area contributed by atoms with Gasteiger partial charge < -0.3 is 15.0 Å². The Hall–Kier alpha value is -3.13. The number of fused-ring (bicyclic) bond motifs is 3. The lowest BCUT2D eigenvalue weighted by Gasteiger charge is -2.09. The van der Waals surface area contributed by atoms with Crippen LogP contribution in [-0.4, -0.2) is 38.9 Å². The zero-order valence-corrected chi connectivity index (χ0v) is 17.2. The number of carbonyl (C=O) groups excluding carboxylic acids is 1. The molecule has 2 N–H and O–H groups in total. The van der Waals surface area contributed by atoms with E-state index in [0.29, 0.717) is 28.2 Å². The number of hydrogen-bond acceptors (Lipinski definition) is 6. The summed E-state index contributed by atoms with van der Waals surface area (Å²) in [5, 5.41) is 12.8. The van der Waals surface area contributed by atoms with E-state index in [0.717, 1.165) is 16.4 Å². The monoisotopic (exact) mass is 407 g/mol. The summed E-state index contributed by atoms with van der Waals surface area (Å²) in [4.78, 5) is 20.1. The lowest BCUT2D eigenvalue weighted by Crippen LogP contribution is -2.15. The van der Waals surface area contributed by atoms with Gasteiger partial charge in [-0.2, -0.15) is 0 Å². The summed E-state index contributed by atoms with van der Waals surface area (Å²) in [7, 11) is 1.57. The molecule has 4 rings (SSSR count). The molecule has 2 aromatic carbocycles. The van der Waals surface area contributed by atoms with E-state index in [4.69, 9.17) is 4.74 Å². The summed E-state index contributed by atoms with van der Waals surface area (Å²) in [5.41, 5.74) is 4.26. The number of benzene rings is 2. The highest BCUT2D eigenvalue weighted by molar-refractivity contribution is 7.99. The van der Waals surface area contributed by atoms with Crippen LogP contribution in [0.1, 0.15) is 25.3 Å². The van der Waals surface area contributed by atoms with Gasteiger partial charge in [0.1, 0.15) is 11.3 Å². The highest BCUT2D eigenvalue weighted by Gasteiger charge is 2.13. The molecule has 7 nitrogen and oxygen atoms in total. The van der Waals surface area contributed by atoms with Crippen molar-refractivity contribution >= 4 is 45.4 Å². The van der Waals surface area contributed by atoms with Gasteiger partial charge in [0.2, 0.25) is 11.1 Å². The number of amides is 1. The summed E-state index contributed by atoms with van der Waals surface area (Å²) < 4.78 is 5.25. The van der Waals surface area contributed by atoms with Gasteiger partial charge in [-0.1, -0.05) is 43.8 Å². The Morgan fingerprint density at radius 3 is 2.83 bits per heavy atom. The number of rotatable bonds is 6. The number of aromatic nitrogens is 4. The van der Waals surface area contributed by atoms with Crippen molar-refractivity contribution in [2.75, 3.05) is 18.2 Å². The summed E-state index contributed by atoms with van der Waals surface area (Å²) in [5.74, 6) is 1.05. The predicted octanol–water partition coefficient (Wildman–Crippen LogP) is 4.37. The third-order valence-electron chi connectivity index (χ3n) is 4.60. The fourth-order valence-electron chi connectivity index (χ4n) is 3.06. The van der Waals surface area contributed by atoms with E-state index in [2.05, 4.69) is 51.5 Å². The molecule has 0 unspecified atom stereocenters. The zero-order chi connectivity index (χ0) is 20.4. The van der Waals surface area contributed by atoms with Crippen LogP contribution in [0.2, 0.25) is 0 Å². The highest BCUT2D eigenvalue weighted by atomic mass is 32.2. The lowest BCUT2D eigenvalue weighted by atomic mass is 10.0. The fraction of sp³-hybridized carbons (Fsp3) is 0.238. The van der Waals surface area contributed by atoms with Crippen LogP contribution in [0.15, 0.2) is 47.6 Å². The normalized spacial score (nSPS) is 11.3. The van der Waals surface area contributed by atoms with Gasteiger partial charge in [0, 0.05) is 10.9 Å². The van der Waals surface area contributed by atoms with E-state index in [1.54, 1.807) is 19.2 Å². The molecule has 0 aliphatic rings. The van der Waals surface area contributed by atoms with Crippen molar-refractivity contribution in [3.8, 4) is 5.75 Å². The van der Waals surface area contributed by atoms with Crippen molar-refractivity contribution in [1.82, 2.24) is 20.2 Å². The molecule has 0 atom stereocenters. The first-order valence-corrected chi connectivity index (χ1v) is 10.3. The van der Waals surface area contributed by atoms with Gasteiger partial charge in [0.05, 0.1) is 18.6 Å². The first-order valence-electron chi connectivity index (χ1n) is 9.27. The second-order valence-corrected chi connectivity index (χ2v) is 7.86. The molecule has 0 aliphatic heterocycles. The van der Waals surface area contributed by atoms with Crippen LogP contribution in [0.25, 0.3) is 22.1 Å². The third kappa shape index (κ3) is 4.02. The number of nitrogens with one attached hydrogen (secondary N) is 2. The molecular weight excluding hydrogens is 386 g/mol. The molecule has 0 aliphatic carbocycles. The molecule has 1 amide bonds. The summed E-state index contributed by atoms with van der Waals surface area (Å²) in [6.07, 6.45) is 0. The number of ether oxygens (including phenoxy) is 1. The summed E-state index contributed by atoms with van der Waals surface area (Å²) >= 11 is 1.24. The van der Waals surface area contributed by atoms with Crippen LogP contribution in [0.4, 0.5) is 5.69 Å². The minimum Gasteiger partial charge on any atom is -0.495 e. The Kier molecular flexibility index (Phi) is 5.35. The van der Waals surface area contributed by atoms with Crippen molar-refractivity contribution in [3.05, 3.63) is 48.0 Å². The second-order valence-electron chi connectivity index (χ2n) is 6.91. The number of carbonyl (C=O) groups is 1. The number of hydrogen-bond donors (Lipinski definition) is 2. The fourth-order valence-corrected chi connectivity index (χ4v) is 3.65. The third-order valence-corrected chi connectivity index (χ3v) is 5.44. The SMILES string of the molecule is COc1ccccc1NC(=O)CSc1nnc2c(n1)[nH]c1ccc(C(C)C)cc12. The molecule has 2 aromatic heterocycles. The number of thioether (sulfide) groups is 1. The Labute approximate surface area is 172 Å². The highest BCUT2D eigenvalue weighted by Crippen LogP contribution is 2.27. The minimum absolute atomic E-state index is 0.165.